The fourth-order valence-electron chi connectivity index (χ4n) is 3.92. The molecule has 0 aliphatic heterocycles. The van der Waals surface area contributed by atoms with Crippen LogP contribution in [-0.4, -0.2) is 54.4 Å². The molecule has 176 valence electrons. The molecule has 10 heteroatoms. The van der Waals surface area contributed by atoms with Crippen LogP contribution in [0.25, 0.3) is 11.1 Å². The number of thiazole rings is 1. The van der Waals surface area contributed by atoms with Gasteiger partial charge in [0.1, 0.15) is 11.5 Å². The van der Waals surface area contributed by atoms with E-state index in [4.69, 9.17) is 14.6 Å². The van der Waals surface area contributed by atoms with E-state index >= 15 is 0 Å². The number of anilines is 1. The molecule has 0 radical (unpaired) electrons. The Morgan fingerprint density at radius 2 is 1.71 bits per heavy atom. The third-order valence-corrected chi connectivity index (χ3v) is 6.64. The summed E-state index contributed by atoms with van der Waals surface area (Å²) in [6, 6.07) is 16.1. The highest BCUT2D eigenvalue weighted by molar-refractivity contribution is 7.17. The summed E-state index contributed by atoms with van der Waals surface area (Å²) in [4.78, 5) is 40.4. The van der Waals surface area contributed by atoms with E-state index in [0.717, 1.165) is 33.6 Å². The van der Waals surface area contributed by atoms with Crippen LogP contribution in [0.2, 0.25) is 0 Å². The van der Waals surface area contributed by atoms with Crippen molar-refractivity contribution in [3.63, 3.8) is 0 Å². The van der Waals surface area contributed by atoms with Crippen LogP contribution >= 0.6 is 11.3 Å². The van der Waals surface area contributed by atoms with Crippen LogP contribution in [-0.2, 0) is 14.3 Å². The molecule has 0 saturated carbocycles. The number of ether oxygens (including phenoxy) is 2. The number of aliphatic carboxylic acids is 1. The molecule has 0 bridgehead atoms. The van der Waals surface area contributed by atoms with Crippen LogP contribution in [0.15, 0.2) is 48.5 Å². The number of carbonyl (C=O) groups is 3. The van der Waals surface area contributed by atoms with Crippen LogP contribution < -0.4 is 10.6 Å². The Kier molecular flexibility index (Phi) is 6.90. The molecule has 4 rings (SSSR count). The zero-order valence-corrected chi connectivity index (χ0v) is 19.3. The summed E-state index contributed by atoms with van der Waals surface area (Å²) < 4.78 is 10.3. The predicted octanol–water partition coefficient (Wildman–Crippen LogP) is 3.64. The molecule has 34 heavy (non-hydrogen) atoms. The number of aryl methyl sites for hydroxylation is 1. The van der Waals surface area contributed by atoms with Crippen molar-refractivity contribution in [2.24, 2.45) is 0 Å². The third-order valence-electron chi connectivity index (χ3n) is 5.56. The van der Waals surface area contributed by atoms with Gasteiger partial charge in [0.2, 0.25) is 0 Å². The van der Waals surface area contributed by atoms with E-state index in [1.807, 2.05) is 36.4 Å². The zero-order valence-electron chi connectivity index (χ0n) is 18.5. The number of methoxy groups -OCH3 is 1. The van der Waals surface area contributed by atoms with Gasteiger partial charge in [-0.3, -0.25) is 10.1 Å². The maximum atomic E-state index is 12.5. The number of rotatable bonds is 8. The summed E-state index contributed by atoms with van der Waals surface area (Å²) >= 11 is 0.976. The van der Waals surface area contributed by atoms with Crippen molar-refractivity contribution in [1.82, 2.24) is 10.3 Å². The molecule has 1 aliphatic carbocycles. The summed E-state index contributed by atoms with van der Waals surface area (Å²) in [5.41, 5.74) is 4.89. The lowest BCUT2D eigenvalue weighted by molar-refractivity contribution is -0.148. The molecule has 9 nitrogen and oxygen atoms in total. The average Bonchev–Trinajstić information content (AvgIpc) is 3.35. The minimum absolute atomic E-state index is 0.0690. The fourth-order valence-corrected chi connectivity index (χ4v) is 4.79. The van der Waals surface area contributed by atoms with Crippen molar-refractivity contribution in [2.75, 3.05) is 25.6 Å². The van der Waals surface area contributed by atoms with E-state index in [1.54, 1.807) is 6.92 Å². The molecule has 2 aromatic carbocycles. The molecule has 0 fully saturated rings. The largest absolute Gasteiger partial charge is 0.479 e. The Hall–Kier alpha value is -3.76. The molecule has 1 atom stereocenters. The number of fused-ring (bicyclic) bond motifs is 3. The van der Waals surface area contributed by atoms with Crippen molar-refractivity contribution < 1.29 is 29.0 Å². The van der Waals surface area contributed by atoms with Crippen LogP contribution in [0.3, 0.4) is 0 Å². The van der Waals surface area contributed by atoms with E-state index in [0.29, 0.717) is 5.69 Å². The van der Waals surface area contributed by atoms with Crippen molar-refractivity contribution in [2.45, 2.75) is 18.9 Å². The van der Waals surface area contributed by atoms with Gasteiger partial charge in [0.15, 0.2) is 11.2 Å². The Morgan fingerprint density at radius 1 is 1.09 bits per heavy atom. The van der Waals surface area contributed by atoms with Gasteiger partial charge >= 0.3 is 12.1 Å². The zero-order chi connectivity index (χ0) is 24.2. The first-order valence-corrected chi connectivity index (χ1v) is 11.3. The van der Waals surface area contributed by atoms with Crippen molar-refractivity contribution >= 4 is 34.4 Å². The lowest BCUT2D eigenvalue weighted by Gasteiger charge is -2.14. The topological polar surface area (TPSA) is 127 Å². The van der Waals surface area contributed by atoms with Gasteiger partial charge in [0.25, 0.3) is 5.91 Å². The van der Waals surface area contributed by atoms with E-state index in [9.17, 15) is 14.4 Å². The summed E-state index contributed by atoms with van der Waals surface area (Å²) in [6.07, 6.45) is -1.83. The van der Waals surface area contributed by atoms with Gasteiger partial charge in [-0.1, -0.05) is 59.9 Å². The summed E-state index contributed by atoms with van der Waals surface area (Å²) in [6.45, 7) is 1.58. The number of nitrogens with one attached hydrogen (secondary N) is 2. The number of benzene rings is 2. The van der Waals surface area contributed by atoms with Crippen molar-refractivity contribution in [3.8, 4) is 11.1 Å². The van der Waals surface area contributed by atoms with E-state index in [1.165, 1.54) is 7.11 Å². The monoisotopic (exact) mass is 481 g/mol. The first-order valence-electron chi connectivity index (χ1n) is 10.5. The van der Waals surface area contributed by atoms with Gasteiger partial charge in [-0.15, -0.1) is 0 Å². The molecule has 1 aromatic heterocycles. The SMILES string of the molecule is COC(CNC(=O)c1sc(NC(=O)OCC2c3ccccc3-c3ccccc32)nc1C)C(=O)O. The molecule has 0 spiro atoms. The van der Waals surface area contributed by atoms with Crippen LogP contribution in [0.4, 0.5) is 9.93 Å². The second-order valence-electron chi connectivity index (χ2n) is 7.66. The summed E-state index contributed by atoms with van der Waals surface area (Å²) in [5, 5.41) is 14.3. The molecule has 0 saturated heterocycles. The maximum Gasteiger partial charge on any atom is 0.413 e. The lowest BCUT2D eigenvalue weighted by Crippen LogP contribution is -2.37. The number of nitrogens with zero attached hydrogens (tertiary/aromatic N) is 1. The minimum atomic E-state index is -1.18. The quantitative estimate of drug-likeness (QED) is 0.448. The fraction of sp³-hybridized carbons (Fsp3) is 0.250. The van der Waals surface area contributed by atoms with Gasteiger partial charge in [0.05, 0.1) is 12.2 Å². The van der Waals surface area contributed by atoms with Crippen molar-refractivity contribution in [1.29, 1.82) is 0 Å². The second-order valence-corrected chi connectivity index (χ2v) is 8.66. The van der Waals surface area contributed by atoms with Crippen LogP contribution in [0.1, 0.15) is 32.4 Å². The molecule has 3 N–H and O–H groups in total. The number of aromatic nitrogens is 1. The van der Waals surface area contributed by atoms with Gasteiger partial charge in [0, 0.05) is 13.0 Å². The number of hydrogen-bond donors (Lipinski definition) is 3. The highest BCUT2D eigenvalue weighted by Gasteiger charge is 2.29. The van der Waals surface area contributed by atoms with Gasteiger partial charge in [-0.05, 0) is 29.2 Å². The number of carbonyl (C=O) groups excluding carboxylic acids is 2. The maximum absolute atomic E-state index is 12.5. The molecule has 3 aromatic rings. The first kappa shape index (κ1) is 23.4. The van der Waals surface area contributed by atoms with E-state index < -0.39 is 24.1 Å². The Bertz CT molecular complexity index is 1200. The number of hydrogen-bond acceptors (Lipinski definition) is 7. The third kappa shape index (κ3) is 4.78. The standard InChI is InChI=1S/C24H23N3O6S/c1-13-20(21(28)25-11-19(32-2)22(29)30)34-23(26-13)27-24(31)33-12-18-16-9-5-3-7-14(16)15-8-4-6-10-17(15)18/h3-10,18-19H,11-12H2,1-2H3,(H,25,28)(H,29,30)(H,26,27,31). The average molecular weight is 482 g/mol. The molecule has 1 aliphatic rings. The second kappa shape index (κ2) is 10.0. The molecule has 2 amide bonds. The molecule has 1 unspecified atom stereocenters. The smallest absolute Gasteiger partial charge is 0.413 e. The number of carboxylic acid groups (broad SMARTS) is 1. The van der Waals surface area contributed by atoms with E-state index in [2.05, 4.69) is 27.8 Å². The highest BCUT2D eigenvalue weighted by atomic mass is 32.1. The molecule has 1 heterocycles. The summed E-state index contributed by atoms with van der Waals surface area (Å²) in [5.74, 6) is -1.75. The minimum Gasteiger partial charge on any atom is -0.479 e. The van der Waals surface area contributed by atoms with Crippen LogP contribution in [0, 0.1) is 6.92 Å². The normalized spacial score (nSPS) is 13.0. The van der Waals surface area contributed by atoms with Gasteiger partial charge < -0.3 is 19.9 Å². The molecular weight excluding hydrogens is 458 g/mol. The summed E-state index contributed by atoms with van der Waals surface area (Å²) in [7, 11) is 1.25. The Balaban J connectivity index is 1.37. The van der Waals surface area contributed by atoms with Gasteiger partial charge in [-0.25, -0.2) is 14.6 Å². The van der Waals surface area contributed by atoms with Crippen molar-refractivity contribution in [3.05, 3.63) is 70.2 Å². The Labute approximate surface area is 199 Å². The van der Waals surface area contributed by atoms with Crippen LogP contribution in [0.5, 0.6) is 0 Å². The Morgan fingerprint density at radius 3 is 2.29 bits per heavy atom. The molecular formula is C24H23N3O6S. The highest BCUT2D eigenvalue weighted by Crippen LogP contribution is 2.44. The van der Waals surface area contributed by atoms with E-state index in [-0.39, 0.29) is 29.1 Å². The van der Waals surface area contributed by atoms with Gasteiger partial charge in [-0.2, -0.15) is 0 Å². The number of amides is 2. The first-order chi connectivity index (χ1) is 16.4. The number of carboxylic acids is 1. The lowest BCUT2D eigenvalue weighted by atomic mass is 9.98. The predicted molar refractivity (Wildman–Crippen MR) is 126 cm³/mol.